The van der Waals surface area contributed by atoms with Gasteiger partial charge >= 0.3 is 0 Å². The van der Waals surface area contributed by atoms with E-state index in [0.29, 0.717) is 44.0 Å². The Hall–Kier alpha value is -5.18. The highest BCUT2D eigenvalue weighted by Crippen LogP contribution is 2.28. The van der Waals surface area contributed by atoms with Crippen molar-refractivity contribution in [3.05, 3.63) is 131 Å². The van der Waals surface area contributed by atoms with Crippen LogP contribution in [-0.2, 0) is 9.59 Å². The van der Waals surface area contributed by atoms with Crippen LogP contribution in [0.5, 0.6) is 0 Å². The molecule has 6 rings (SSSR count). The molecule has 4 aromatic rings. The van der Waals surface area contributed by atoms with E-state index in [1.54, 1.807) is 74.8 Å². The van der Waals surface area contributed by atoms with Crippen LogP contribution < -0.4 is 20.7 Å². The van der Waals surface area contributed by atoms with Gasteiger partial charge in [0.15, 0.2) is 0 Å². The summed E-state index contributed by atoms with van der Waals surface area (Å²) in [5, 5.41) is 19.1. The number of rotatable bonds is 7. The molecule has 2 aliphatic rings. The van der Waals surface area contributed by atoms with Crippen LogP contribution in [0.3, 0.4) is 0 Å². The third-order valence-corrected chi connectivity index (χ3v) is 7.64. The van der Waals surface area contributed by atoms with Gasteiger partial charge in [-0.3, -0.25) is 9.59 Å². The Morgan fingerprint density at radius 3 is 1.23 bits per heavy atom. The van der Waals surface area contributed by atoms with Crippen LogP contribution in [0.2, 0.25) is 10.0 Å². The van der Waals surface area contributed by atoms with E-state index in [2.05, 4.69) is 20.8 Å². The number of carbonyl (C=O) groups excluding carboxylic acids is 2. The molecule has 10 heteroatoms. The van der Waals surface area contributed by atoms with E-state index < -0.39 is 0 Å². The summed E-state index contributed by atoms with van der Waals surface area (Å²) in [6.45, 7) is 3.60. The summed E-state index contributed by atoms with van der Waals surface area (Å²) < 4.78 is 0. The summed E-state index contributed by atoms with van der Waals surface area (Å²) in [5.74, 6) is -0.422. The molecule has 2 amide bonds. The van der Waals surface area contributed by atoms with Crippen LogP contribution in [0.4, 0.5) is 22.7 Å². The molecule has 0 spiro atoms. The second kappa shape index (κ2) is 12.2. The van der Waals surface area contributed by atoms with Crippen molar-refractivity contribution in [2.24, 2.45) is 10.2 Å². The summed E-state index contributed by atoms with van der Waals surface area (Å²) in [6.07, 6.45) is 3.36. The molecule has 0 atom stereocenters. The maximum absolute atomic E-state index is 13.0. The predicted molar refractivity (Wildman–Crippen MR) is 179 cm³/mol. The van der Waals surface area contributed by atoms with Crippen LogP contribution in [-0.4, -0.2) is 23.2 Å². The molecule has 0 saturated heterocycles. The van der Waals surface area contributed by atoms with E-state index >= 15 is 0 Å². The Labute approximate surface area is 264 Å². The van der Waals surface area contributed by atoms with Gasteiger partial charge in [-0.1, -0.05) is 47.5 Å². The van der Waals surface area contributed by atoms with Crippen molar-refractivity contribution in [2.45, 2.75) is 13.8 Å². The van der Waals surface area contributed by atoms with Gasteiger partial charge in [0.1, 0.15) is 0 Å². The Balaban J connectivity index is 1.08. The van der Waals surface area contributed by atoms with Crippen LogP contribution in [0.15, 0.2) is 131 Å². The monoisotopic (exact) mass is 620 g/mol. The Morgan fingerprint density at radius 1 is 0.545 bits per heavy atom. The zero-order valence-electron chi connectivity index (χ0n) is 23.8. The molecule has 4 aromatic carbocycles. The molecule has 2 N–H and O–H groups in total. The van der Waals surface area contributed by atoms with Gasteiger partial charge in [0.2, 0.25) is 0 Å². The van der Waals surface area contributed by atoms with Crippen molar-refractivity contribution in [1.29, 1.82) is 0 Å². The SMILES string of the molecule is CC1=NN(c2ccc(Cl)cc2)C(=O)C1=CNc1ccc(-c2ccc(NC=C3C(=O)N(c4ccc(Cl)cc4)N=C3C)cc2)cc1. The lowest BCUT2D eigenvalue weighted by Crippen LogP contribution is -2.21. The third kappa shape index (κ3) is 5.99. The summed E-state index contributed by atoms with van der Waals surface area (Å²) in [5.41, 5.74) is 7.26. The van der Waals surface area contributed by atoms with E-state index in [0.717, 1.165) is 22.5 Å². The summed E-state index contributed by atoms with van der Waals surface area (Å²) in [6, 6.07) is 29.8. The van der Waals surface area contributed by atoms with Crippen molar-refractivity contribution in [3.63, 3.8) is 0 Å². The van der Waals surface area contributed by atoms with E-state index in [1.165, 1.54) is 10.0 Å². The highest BCUT2D eigenvalue weighted by Gasteiger charge is 2.29. The summed E-state index contributed by atoms with van der Waals surface area (Å²) in [4.78, 5) is 25.9. The molecule has 0 bridgehead atoms. The molecule has 0 aromatic heterocycles. The Kier molecular flexibility index (Phi) is 8.02. The van der Waals surface area contributed by atoms with Crippen molar-refractivity contribution in [2.75, 3.05) is 20.7 Å². The van der Waals surface area contributed by atoms with Crippen molar-refractivity contribution in [1.82, 2.24) is 0 Å². The van der Waals surface area contributed by atoms with E-state index in [4.69, 9.17) is 23.2 Å². The number of amides is 2. The van der Waals surface area contributed by atoms with E-state index in [-0.39, 0.29) is 11.8 Å². The molecule has 0 unspecified atom stereocenters. The van der Waals surface area contributed by atoms with Crippen LogP contribution in [0.25, 0.3) is 11.1 Å². The highest BCUT2D eigenvalue weighted by atomic mass is 35.5. The number of halogens is 2. The number of carbonyl (C=O) groups is 2. The van der Waals surface area contributed by atoms with Crippen molar-refractivity contribution in [3.8, 4) is 11.1 Å². The number of anilines is 4. The number of hydrazone groups is 2. The summed E-state index contributed by atoms with van der Waals surface area (Å²) >= 11 is 11.9. The molecule has 0 aliphatic carbocycles. The molecule has 8 nitrogen and oxygen atoms in total. The van der Waals surface area contributed by atoms with E-state index in [9.17, 15) is 9.59 Å². The number of benzene rings is 4. The molecule has 0 radical (unpaired) electrons. The molecule has 0 saturated carbocycles. The fourth-order valence-corrected chi connectivity index (χ4v) is 4.96. The fraction of sp³-hybridized carbons (Fsp3) is 0.0588. The lowest BCUT2D eigenvalue weighted by Gasteiger charge is -2.11. The van der Waals surface area contributed by atoms with Crippen LogP contribution >= 0.6 is 23.2 Å². The molecular weight excluding hydrogens is 595 g/mol. The summed E-state index contributed by atoms with van der Waals surface area (Å²) in [7, 11) is 0. The third-order valence-electron chi connectivity index (χ3n) is 7.14. The molecular formula is C34H26Cl2N6O2. The topological polar surface area (TPSA) is 89.4 Å². The number of hydrogen-bond acceptors (Lipinski definition) is 6. The van der Waals surface area contributed by atoms with Crippen LogP contribution in [0, 0.1) is 0 Å². The lowest BCUT2D eigenvalue weighted by molar-refractivity contribution is -0.115. The van der Waals surface area contributed by atoms with Gasteiger partial charge in [-0.25, -0.2) is 0 Å². The van der Waals surface area contributed by atoms with Gasteiger partial charge in [0.25, 0.3) is 11.8 Å². The van der Waals surface area contributed by atoms with Gasteiger partial charge in [-0.05, 0) is 97.8 Å². The first-order valence-electron chi connectivity index (χ1n) is 13.7. The number of nitrogens with one attached hydrogen (secondary N) is 2. The van der Waals surface area contributed by atoms with Gasteiger partial charge < -0.3 is 10.6 Å². The minimum absolute atomic E-state index is 0.211. The average molecular weight is 622 g/mol. The lowest BCUT2D eigenvalue weighted by atomic mass is 10.0. The van der Waals surface area contributed by atoms with Gasteiger partial charge in [-0.2, -0.15) is 20.2 Å². The standard InChI is InChI=1S/C34H26Cl2N6O2/c1-21-31(33(43)41(39-21)29-15-7-25(35)8-16-29)19-37-27-11-3-23(4-12-27)24-5-13-28(14-6-24)38-20-32-22(2)40-42(34(32)44)30-17-9-26(36)10-18-30/h3-20,37-38H,1-2H3. The largest absolute Gasteiger partial charge is 0.361 e. The second-order valence-corrected chi connectivity index (χ2v) is 11.0. The molecule has 218 valence electrons. The minimum atomic E-state index is -0.211. The maximum Gasteiger partial charge on any atom is 0.282 e. The van der Waals surface area contributed by atoms with E-state index in [1.807, 2.05) is 48.5 Å². The normalized spacial score (nSPS) is 16.5. The molecule has 2 heterocycles. The quantitative estimate of drug-likeness (QED) is 0.204. The zero-order chi connectivity index (χ0) is 30.8. The first kappa shape index (κ1) is 28.9. The van der Waals surface area contributed by atoms with Gasteiger partial charge in [-0.15, -0.1) is 0 Å². The van der Waals surface area contributed by atoms with Gasteiger partial charge in [0.05, 0.1) is 33.9 Å². The van der Waals surface area contributed by atoms with Crippen molar-refractivity contribution < 1.29 is 9.59 Å². The number of hydrogen-bond donors (Lipinski definition) is 2. The first-order chi connectivity index (χ1) is 21.3. The van der Waals surface area contributed by atoms with Crippen LogP contribution in [0.1, 0.15) is 13.8 Å². The second-order valence-electron chi connectivity index (χ2n) is 10.1. The smallest absolute Gasteiger partial charge is 0.282 e. The highest BCUT2D eigenvalue weighted by molar-refractivity contribution is 6.32. The average Bonchev–Trinajstić information content (AvgIpc) is 3.48. The zero-order valence-corrected chi connectivity index (χ0v) is 25.3. The molecule has 44 heavy (non-hydrogen) atoms. The van der Waals surface area contributed by atoms with Crippen molar-refractivity contribution >= 4 is 69.2 Å². The van der Waals surface area contributed by atoms with Gasteiger partial charge in [0, 0.05) is 33.8 Å². The first-order valence-corrected chi connectivity index (χ1v) is 14.5. The molecule has 0 fully saturated rings. The minimum Gasteiger partial charge on any atom is -0.361 e. The Bertz CT molecular complexity index is 1720. The predicted octanol–water partition coefficient (Wildman–Crippen LogP) is 8.10. The number of nitrogens with zero attached hydrogens (tertiary/aromatic N) is 4. The Morgan fingerprint density at radius 2 is 0.886 bits per heavy atom. The maximum atomic E-state index is 13.0. The molecule has 2 aliphatic heterocycles. The fourth-order valence-electron chi connectivity index (χ4n) is 4.71.